The van der Waals surface area contributed by atoms with Crippen LogP contribution < -0.4 is 0 Å². The van der Waals surface area contributed by atoms with E-state index >= 15 is 8.78 Å². The van der Waals surface area contributed by atoms with Crippen LogP contribution in [-0.2, 0) is 9.47 Å². The van der Waals surface area contributed by atoms with E-state index in [9.17, 15) is 23.4 Å². The molecule has 50 heavy (non-hydrogen) atoms. The molecule has 1 saturated heterocycles. The molecule has 3 saturated carbocycles. The van der Waals surface area contributed by atoms with Crippen molar-refractivity contribution in [3.8, 4) is 0 Å². The van der Waals surface area contributed by atoms with E-state index in [0.29, 0.717) is 38.9 Å². The number of allylic oxidation sites excluding steroid dienone is 1. The minimum absolute atomic E-state index is 0.0537. The first-order valence-electron chi connectivity index (χ1n) is 17.7. The molecule has 4 nitrogen and oxygen atoms in total. The van der Waals surface area contributed by atoms with Crippen LogP contribution in [0.3, 0.4) is 0 Å². The van der Waals surface area contributed by atoms with Gasteiger partial charge < -0.3 is 19.7 Å². The third-order valence-electron chi connectivity index (χ3n) is 12.8. The Hall–Kier alpha value is -2.24. The predicted molar refractivity (Wildman–Crippen MR) is 185 cm³/mol. The standard InChI is InChI=1S/C40H47F5O4S/c1-34(2)23-48-37(49-24-34)19-16-32-33-29(15-18-36(32,46)22-37)31-17-20-38(47,39(41,42)40(43,44)45)35(31,3)21-30(33)27-11-7-25(8-12-27)5-6-26-9-13-28(50-4)14-10-26/h5-14,29-31,46-47H,15-24H2,1-4H3/t29-,30+,31-,35-,36+,38-/m0/s1. The summed E-state index contributed by atoms with van der Waals surface area (Å²) in [5, 5.41) is 24.0. The molecular weight excluding hydrogens is 671 g/mol. The normalized spacial score (nSPS) is 35.2. The molecule has 0 bridgehead atoms. The molecule has 1 spiro atoms. The van der Waals surface area contributed by atoms with Crippen LogP contribution in [0.25, 0.3) is 12.2 Å². The second-order valence-corrected chi connectivity index (χ2v) is 17.3. The Morgan fingerprint density at radius 2 is 1.42 bits per heavy atom. The summed E-state index contributed by atoms with van der Waals surface area (Å²) in [5.74, 6) is -7.71. The van der Waals surface area contributed by atoms with Gasteiger partial charge in [-0.3, -0.25) is 0 Å². The number of thioether (sulfide) groups is 1. The van der Waals surface area contributed by atoms with E-state index in [4.69, 9.17) is 9.47 Å². The largest absolute Gasteiger partial charge is 0.456 e. The molecule has 0 radical (unpaired) electrons. The third kappa shape index (κ3) is 5.71. The first kappa shape index (κ1) is 36.1. The van der Waals surface area contributed by atoms with Crippen LogP contribution in [0.2, 0.25) is 0 Å². The van der Waals surface area contributed by atoms with E-state index in [1.165, 1.54) is 6.92 Å². The van der Waals surface area contributed by atoms with E-state index < -0.39 is 52.8 Å². The lowest BCUT2D eigenvalue weighted by Gasteiger charge is -2.59. The fraction of sp³-hybridized carbons (Fsp3) is 0.600. The van der Waals surface area contributed by atoms with Gasteiger partial charge in [0.2, 0.25) is 0 Å². The molecule has 0 amide bonds. The zero-order chi connectivity index (χ0) is 36.0. The molecule has 2 aromatic carbocycles. The van der Waals surface area contributed by atoms with Gasteiger partial charge in [0.05, 0.1) is 18.8 Å². The van der Waals surface area contributed by atoms with Crippen molar-refractivity contribution in [3.05, 3.63) is 76.4 Å². The second-order valence-electron chi connectivity index (χ2n) is 16.5. The highest BCUT2D eigenvalue weighted by molar-refractivity contribution is 7.98. The third-order valence-corrected chi connectivity index (χ3v) is 13.6. The lowest BCUT2D eigenvalue weighted by Crippen LogP contribution is -2.65. The second kappa shape index (κ2) is 12.2. The molecule has 1 heterocycles. The Balaban J connectivity index is 1.28. The number of hydrogen-bond acceptors (Lipinski definition) is 5. The van der Waals surface area contributed by atoms with Crippen LogP contribution in [0.5, 0.6) is 0 Å². The summed E-state index contributed by atoms with van der Waals surface area (Å²) in [5.41, 5.74) is -1.87. The number of fused-ring (bicyclic) bond motifs is 4. The fourth-order valence-electron chi connectivity index (χ4n) is 10.1. The molecule has 2 N–H and O–H groups in total. The van der Waals surface area contributed by atoms with E-state index in [1.807, 2.05) is 66.9 Å². The minimum Gasteiger partial charge on any atom is -0.385 e. The van der Waals surface area contributed by atoms with E-state index in [0.717, 1.165) is 32.7 Å². The molecular formula is C40H47F5O4S. The monoisotopic (exact) mass is 718 g/mol. The van der Waals surface area contributed by atoms with Gasteiger partial charge in [-0.1, -0.05) is 74.9 Å². The average Bonchev–Trinajstić information content (AvgIpc) is 3.35. The molecule has 0 aromatic heterocycles. The van der Waals surface area contributed by atoms with Crippen molar-refractivity contribution in [1.82, 2.24) is 0 Å². The van der Waals surface area contributed by atoms with Gasteiger partial charge in [0.1, 0.15) is 5.60 Å². The molecule has 1 aliphatic heterocycles. The van der Waals surface area contributed by atoms with E-state index in [-0.39, 0.29) is 30.6 Å². The zero-order valence-corrected chi connectivity index (χ0v) is 29.9. The van der Waals surface area contributed by atoms with Crippen LogP contribution in [0, 0.1) is 22.7 Å². The predicted octanol–water partition coefficient (Wildman–Crippen LogP) is 9.80. The Morgan fingerprint density at radius 3 is 2.00 bits per heavy atom. The Labute approximate surface area is 295 Å². The molecule has 10 heteroatoms. The van der Waals surface area contributed by atoms with Gasteiger partial charge in [0.25, 0.3) is 0 Å². The summed E-state index contributed by atoms with van der Waals surface area (Å²) in [6, 6.07) is 15.9. The quantitative estimate of drug-likeness (QED) is 0.140. The Bertz CT molecular complexity index is 1660. The number of aliphatic hydroxyl groups is 2. The zero-order valence-electron chi connectivity index (χ0n) is 29.1. The highest BCUT2D eigenvalue weighted by Crippen LogP contribution is 2.71. The number of halogens is 5. The fourth-order valence-corrected chi connectivity index (χ4v) is 10.5. The van der Waals surface area contributed by atoms with Gasteiger partial charge >= 0.3 is 12.1 Å². The van der Waals surface area contributed by atoms with Crippen LogP contribution in [-0.4, -0.2) is 58.8 Å². The van der Waals surface area contributed by atoms with Crippen LogP contribution in [0.1, 0.15) is 94.7 Å². The van der Waals surface area contributed by atoms with Crippen molar-refractivity contribution in [2.75, 3.05) is 19.5 Å². The first-order chi connectivity index (χ1) is 23.4. The molecule has 4 aliphatic carbocycles. The lowest BCUT2D eigenvalue weighted by atomic mass is 9.49. The van der Waals surface area contributed by atoms with Crippen LogP contribution in [0.4, 0.5) is 22.0 Å². The summed E-state index contributed by atoms with van der Waals surface area (Å²) in [6.45, 7) is 6.57. The molecule has 0 unspecified atom stereocenters. The summed E-state index contributed by atoms with van der Waals surface area (Å²) in [6.07, 6.45) is 1.40. The minimum atomic E-state index is -5.89. The molecule has 5 aliphatic rings. The summed E-state index contributed by atoms with van der Waals surface area (Å²) in [7, 11) is 0. The molecule has 272 valence electrons. The highest BCUT2D eigenvalue weighted by Gasteiger charge is 2.79. The maximum atomic E-state index is 15.4. The summed E-state index contributed by atoms with van der Waals surface area (Å²) < 4.78 is 85.5. The maximum Gasteiger partial charge on any atom is 0.456 e. The van der Waals surface area contributed by atoms with Gasteiger partial charge in [0.15, 0.2) is 5.79 Å². The van der Waals surface area contributed by atoms with Gasteiger partial charge in [-0.05, 0) is 91.0 Å². The van der Waals surface area contributed by atoms with Gasteiger partial charge in [-0.2, -0.15) is 22.0 Å². The topological polar surface area (TPSA) is 58.9 Å². The lowest BCUT2D eigenvalue weighted by molar-refractivity contribution is -0.362. The highest BCUT2D eigenvalue weighted by atomic mass is 32.2. The molecule has 2 aromatic rings. The number of rotatable bonds is 5. The Kier molecular flexibility index (Phi) is 8.78. The average molecular weight is 719 g/mol. The summed E-state index contributed by atoms with van der Waals surface area (Å²) in [4.78, 5) is 1.16. The maximum absolute atomic E-state index is 15.4. The van der Waals surface area contributed by atoms with Crippen molar-refractivity contribution in [3.63, 3.8) is 0 Å². The number of ether oxygens (including phenoxy) is 2. The van der Waals surface area contributed by atoms with Gasteiger partial charge in [0, 0.05) is 34.5 Å². The Morgan fingerprint density at radius 1 is 0.820 bits per heavy atom. The van der Waals surface area contributed by atoms with Gasteiger partial charge in [-0.25, -0.2) is 0 Å². The number of hydrogen-bond donors (Lipinski definition) is 2. The van der Waals surface area contributed by atoms with E-state index in [2.05, 4.69) is 13.8 Å². The summed E-state index contributed by atoms with van der Waals surface area (Å²) >= 11 is 1.67. The van der Waals surface area contributed by atoms with Crippen molar-refractivity contribution in [2.45, 2.75) is 112 Å². The molecule has 7 rings (SSSR count). The number of alkyl halides is 5. The van der Waals surface area contributed by atoms with Crippen molar-refractivity contribution in [2.24, 2.45) is 22.7 Å². The van der Waals surface area contributed by atoms with Crippen LogP contribution in [0.15, 0.2) is 64.6 Å². The molecule has 4 fully saturated rings. The van der Waals surface area contributed by atoms with Crippen LogP contribution >= 0.6 is 11.8 Å². The van der Waals surface area contributed by atoms with Crippen molar-refractivity contribution < 1.29 is 41.6 Å². The van der Waals surface area contributed by atoms with Crippen molar-refractivity contribution in [1.29, 1.82) is 0 Å². The smallest absolute Gasteiger partial charge is 0.385 e. The SMILES string of the molecule is CSc1ccc(C=Cc2ccc([C@H]3C[C@@]4(C)[C@@H](CC[C@@]4(O)C(F)(F)C(F)(F)F)[C@@H]4CC[C@@]5(O)CC6(CCC5=C43)OCC(C)(C)CO6)cc2)cc1. The molecule has 6 atom stereocenters. The van der Waals surface area contributed by atoms with Crippen molar-refractivity contribution >= 4 is 23.9 Å². The van der Waals surface area contributed by atoms with E-state index in [1.54, 1.807) is 11.8 Å². The number of benzene rings is 2. The van der Waals surface area contributed by atoms with Gasteiger partial charge in [-0.15, -0.1) is 11.8 Å². The first-order valence-corrected chi connectivity index (χ1v) is 18.9.